The number of nitrogens with zero attached hydrogens (tertiary/aromatic N) is 1. The van der Waals surface area contributed by atoms with Crippen molar-refractivity contribution in [1.82, 2.24) is 4.57 Å². The van der Waals surface area contributed by atoms with Gasteiger partial charge in [0.05, 0.1) is 17.3 Å². The molecule has 0 saturated heterocycles. The summed E-state index contributed by atoms with van der Waals surface area (Å²) in [4.78, 5) is 23.5. The number of hydrogen-bond donors (Lipinski definition) is 2. The number of amides is 2. The van der Waals surface area contributed by atoms with Crippen LogP contribution in [0.15, 0.2) is 83.5 Å². The third kappa shape index (κ3) is 3.41. The zero-order valence-corrected chi connectivity index (χ0v) is 17.5. The molecule has 0 radical (unpaired) electrons. The number of nitrogens with one attached hydrogen (secondary N) is 1. The molecule has 0 bridgehead atoms. The van der Waals surface area contributed by atoms with E-state index in [1.807, 2.05) is 60.7 Å². The maximum Gasteiger partial charge on any atom is 0.249 e. The van der Waals surface area contributed by atoms with Gasteiger partial charge in [-0.2, -0.15) is 0 Å². The molecule has 0 unspecified atom stereocenters. The van der Waals surface area contributed by atoms with Gasteiger partial charge in [0.15, 0.2) is 0 Å². The Morgan fingerprint density at radius 3 is 2.47 bits per heavy atom. The molecular weight excluding hydrogens is 402 g/mol. The highest BCUT2D eigenvalue weighted by atomic mass is 16.3. The minimum absolute atomic E-state index is 0.107. The normalized spacial score (nSPS) is 11.2. The average molecular weight is 423 g/mol. The molecule has 32 heavy (non-hydrogen) atoms. The fourth-order valence-electron chi connectivity index (χ4n) is 4.20. The van der Waals surface area contributed by atoms with Crippen molar-refractivity contribution >= 4 is 39.3 Å². The summed E-state index contributed by atoms with van der Waals surface area (Å²) in [6, 6.07) is 23.2. The molecule has 0 atom stereocenters. The van der Waals surface area contributed by atoms with Crippen LogP contribution in [0.1, 0.15) is 22.8 Å². The highest BCUT2D eigenvalue weighted by Gasteiger charge is 2.17. The van der Waals surface area contributed by atoms with E-state index in [1.165, 1.54) is 6.92 Å². The molecule has 0 aliphatic heterocycles. The number of carbonyl (C=O) groups is 2. The number of hydrogen-bond acceptors (Lipinski definition) is 3. The Labute approximate surface area is 184 Å². The summed E-state index contributed by atoms with van der Waals surface area (Å²) < 4.78 is 7.77. The van der Waals surface area contributed by atoms with Gasteiger partial charge >= 0.3 is 0 Å². The minimum Gasteiger partial charge on any atom is -0.464 e. The maximum absolute atomic E-state index is 12.2. The molecule has 6 nitrogen and oxygen atoms in total. The highest BCUT2D eigenvalue weighted by molar-refractivity contribution is 6.18. The van der Waals surface area contributed by atoms with Gasteiger partial charge < -0.3 is 20.0 Å². The van der Waals surface area contributed by atoms with Crippen molar-refractivity contribution in [2.75, 3.05) is 5.32 Å². The fraction of sp³-hybridized carbons (Fsp3) is 0.0769. The molecule has 5 rings (SSSR count). The smallest absolute Gasteiger partial charge is 0.249 e. The lowest BCUT2D eigenvalue weighted by Gasteiger charge is -2.10. The lowest BCUT2D eigenvalue weighted by atomic mass is 10.0. The van der Waals surface area contributed by atoms with Crippen LogP contribution in [-0.2, 0) is 11.3 Å². The van der Waals surface area contributed by atoms with Crippen molar-refractivity contribution < 1.29 is 14.0 Å². The van der Waals surface area contributed by atoms with Crippen LogP contribution in [-0.4, -0.2) is 16.4 Å². The maximum atomic E-state index is 12.2. The molecule has 2 amide bonds. The highest BCUT2D eigenvalue weighted by Crippen LogP contribution is 2.35. The van der Waals surface area contributed by atoms with Crippen molar-refractivity contribution in [1.29, 1.82) is 0 Å². The van der Waals surface area contributed by atoms with Crippen LogP contribution >= 0.6 is 0 Å². The lowest BCUT2D eigenvalue weighted by Crippen LogP contribution is -2.11. The number of nitrogens with two attached hydrogens (primary N) is 1. The van der Waals surface area contributed by atoms with E-state index in [1.54, 1.807) is 12.3 Å². The average Bonchev–Trinajstić information content (AvgIpc) is 3.42. The number of primary amides is 1. The molecule has 0 fully saturated rings. The van der Waals surface area contributed by atoms with Crippen LogP contribution in [0.3, 0.4) is 0 Å². The van der Waals surface area contributed by atoms with Gasteiger partial charge in [-0.1, -0.05) is 30.3 Å². The van der Waals surface area contributed by atoms with E-state index in [2.05, 4.69) is 16.0 Å². The molecular formula is C26H21N3O3. The van der Waals surface area contributed by atoms with Gasteiger partial charge in [0.1, 0.15) is 5.76 Å². The summed E-state index contributed by atoms with van der Waals surface area (Å²) in [6.07, 6.45) is 1.65. The molecule has 0 spiro atoms. The van der Waals surface area contributed by atoms with E-state index in [-0.39, 0.29) is 5.91 Å². The van der Waals surface area contributed by atoms with E-state index in [9.17, 15) is 9.59 Å². The monoisotopic (exact) mass is 423 g/mol. The standard InChI is InChI=1S/C26H21N3O3/c1-16(30)28-19-10-7-17(8-11-19)15-29-22-5-2-4-21(26(27)31)25(22)20-12-9-18(14-23(20)29)24-6-3-13-32-24/h2-14H,15H2,1H3,(H2,27,31)(H,28,30). The summed E-state index contributed by atoms with van der Waals surface area (Å²) in [7, 11) is 0. The van der Waals surface area contributed by atoms with Crippen molar-refractivity contribution in [3.05, 3.63) is 90.2 Å². The van der Waals surface area contributed by atoms with Crippen LogP contribution < -0.4 is 11.1 Å². The molecule has 6 heteroatoms. The third-order valence-electron chi connectivity index (χ3n) is 5.58. The van der Waals surface area contributed by atoms with Crippen molar-refractivity contribution in [3.8, 4) is 11.3 Å². The Hall–Kier alpha value is -4.32. The largest absolute Gasteiger partial charge is 0.464 e. The van der Waals surface area contributed by atoms with E-state index in [0.717, 1.165) is 44.4 Å². The Morgan fingerprint density at radius 2 is 1.78 bits per heavy atom. The second-order valence-electron chi connectivity index (χ2n) is 7.74. The fourth-order valence-corrected chi connectivity index (χ4v) is 4.20. The topological polar surface area (TPSA) is 90.3 Å². The van der Waals surface area contributed by atoms with E-state index in [0.29, 0.717) is 12.1 Å². The predicted molar refractivity (Wildman–Crippen MR) is 126 cm³/mol. The molecule has 2 aromatic heterocycles. The molecule has 0 saturated carbocycles. The molecule has 3 N–H and O–H groups in total. The number of aromatic nitrogens is 1. The first-order chi connectivity index (χ1) is 15.5. The third-order valence-corrected chi connectivity index (χ3v) is 5.58. The second-order valence-corrected chi connectivity index (χ2v) is 7.74. The number of anilines is 1. The Morgan fingerprint density at radius 1 is 0.969 bits per heavy atom. The minimum atomic E-state index is -0.454. The zero-order valence-electron chi connectivity index (χ0n) is 17.5. The van der Waals surface area contributed by atoms with Gasteiger partial charge in [0, 0.05) is 41.1 Å². The molecule has 3 aromatic carbocycles. The number of rotatable bonds is 5. The van der Waals surface area contributed by atoms with Crippen molar-refractivity contribution in [3.63, 3.8) is 0 Å². The van der Waals surface area contributed by atoms with Gasteiger partial charge in [-0.05, 0) is 48.0 Å². The summed E-state index contributed by atoms with van der Waals surface area (Å²) in [5, 5.41) is 4.59. The van der Waals surface area contributed by atoms with Gasteiger partial charge in [-0.15, -0.1) is 0 Å². The second kappa shape index (κ2) is 7.74. The van der Waals surface area contributed by atoms with Gasteiger partial charge in [0.2, 0.25) is 11.8 Å². The SMILES string of the molecule is CC(=O)Nc1ccc(Cn2c3cc(-c4ccco4)ccc3c3c(C(N)=O)cccc32)cc1. The summed E-state index contributed by atoms with van der Waals surface area (Å²) in [6.45, 7) is 2.07. The summed E-state index contributed by atoms with van der Waals surface area (Å²) >= 11 is 0. The first-order valence-electron chi connectivity index (χ1n) is 10.3. The number of fused-ring (bicyclic) bond motifs is 3. The Bertz CT molecular complexity index is 1460. The van der Waals surface area contributed by atoms with Crippen LogP contribution in [0.4, 0.5) is 5.69 Å². The van der Waals surface area contributed by atoms with Gasteiger partial charge in [-0.3, -0.25) is 9.59 Å². The molecule has 0 aliphatic carbocycles. The van der Waals surface area contributed by atoms with E-state index < -0.39 is 5.91 Å². The summed E-state index contributed by atoms with van der Waals surface area (Å²) in [5.41, 5.74) is 10.9. The van der Waals surface area contributed by atoms with E-state index >= 15 is 0 Å². The zero-order chi connectivity index (χ0) is 22.2. The molecule has 2 heterocycles. The molecule has 5 aromatic rings. The van der Waals surface area contributed by atoms with E-state index in [4.69, 9.17) is 10.2 Å². The lowest BCUT2D eigenvalue weighted by molar-refractivity contribution is -0.114. The predicted octanol–water partition coefficient (Wildman–Crippen LogP) is 5.16. The quantitative estimate of drug-likeness (QED) is 0.409. The van der Waals surface area contributed by atoms with Crippen LogP contribution in [0.5, 0.6) is 0 Å². The number of benzene rings is 3. The number of carbonyl (C=O) groups excluding carboxylic acids is 2. The van der Waals surface area contributed by atoms with Crippen molar-refractivity contribution in [2.45, 2.75) is 13.5 Å². The molecule has 158 valence electrons. The summed E-state index contributed by atoms with van der Waals surface area (Å²) in [5.74, 6) is 0.215. The van der Waals surface area contributed by atoms with Crippen LogP contribution in [0, 0.1) is 0 Å². The van der Waals surface area contributed by atoms with Crippen LogP contribution in [0.2, 0.25) is 0 Å². The molecule has 0 aliphatic rings. The van der Waals surface area contributed by atoms with Crippen LogP contribution in [0.25, 0.3) is 33.1 Å². The van der Waals surface area contributed by atoms with Crippen molar-refractivity contribution in [2.24, 2.45) is 5.73 Å². The Kier molecular flexibility index (Phi) is 4.75. The van der Waals surface area contributed by atoms with Gasteiger partial charge in [0.25, 0.3) is 0 Å². The Balaban J connectivity index is 1.70. The first kappa shape index (κ1) is 19.6. The first-order valence-corrected chi connectivity index (χ1v) is 10.3. The number of furan rings is 1. The van der Waals surface area contributed by atoms with Gasteiger partial charge in [-0.25, -0.2) is 0 Å².